The molecule has 0 radical (unpaired) electrons. The van der Waals surface area contributed by atoms with Crippen LogP contribution in [0.5, 0.6) is 0 Å². The van der Waals surface area contributed by atoms with Crippen molar-refractivity contribution in [3.63, 3.8) is 0 Å². The van der Waals surface area contributed by atoms with Crippen LogP contribution in [0.2, 0.25) is 0 Å². The lowest BCUT2D eigenvalue weighted by atomic mass is 10.2. The van der Waals surface area contributed by atoms with Crippen molar-refractivity contribution in [3.8, 4) is 11.8 Å². The first-order chi connectivity index (χ1) is 8.27. The SMILES string of the molecule is CC(CCO)SCc1sccc1C#CCCO. The van der Waals surface area contributed by atoms with Gasteiger partial charge in [0.25, 0.3) is 0 Å². The molecule has 4 heteroatoms. The van der Waals surface area contributed by atoms with Gasteiger partial charge in [0.2, 0.25) is 0 Å². The van der Waals surface area contributed by atoms with Crippen LogP contribution in [0.4, 0.5) is 0 Å². The van der Waals surface area contributed by atoms with Crippen molar-refractivity contribution in [1.82, 2.24) is 0 Å². The molecule has 0 aliphatic carbocycles. The fraction of sp³-hybridized carbons (Fsp3) is 0.538. The third kappa shape index (κ3) is 5.60. The van der Waals surface area contributed by atoms with E-state index >= 15 is 0 Å². The lowest BCUT2D eigenvalue weighted by Crippen LogP contribution is -1.99. The van der Waals surface area contributed by atoms with Crippen LogP contribution in [0.15, 0.2) is 11.4 Å². The zero-order chi connectivity index (χ0) is 12.5. The van der Waals surface area contributed by atoms with E-state index in [1.54, 1.807) is 11.3 Å². The van der Waals surface area contributed by atoms with Gasteiger partial charge in [-0.15, -0.1) is 11.3 Å². The molecule has 0 saturated heterocycles. The van der Waals surface area contributed by atoms with Gasteiger partial charge < -0.3 is 10.2 Å². The maximum Gasteiger partial charge on any atom is 0.0540 e. The second kappa shape index (κ2) is 8.60. The van der Waals surface area contributed by atoms with Gasteiger partial charge in [0, 0.05) is 34.5 Å². The number of hydrogen-bond acceptors (Lipinski definition) is 4. The summed E-state index contributed by atoms with van der Waals surface area (Å²) in [6.45, 7) is 2.50. The fourth-order valence-corrected chi connectivity index (χ4v) is 3.21. The molecule has 0 saturated carbocycles. The Kier molecular flexibility index (Phi) is 7.38. The number of hydrogen-bond donors (Lipinski definition) is 2. The van der Waals surface area contributed by atoms with Crippen molar-refractivity contribution in [3.05, 3.63) is 21.9 Å². The van der Waals surface area contributed by atoms with Gasteiger partial charge in [-0.3, -0.25) is 0 Å². The second-order valence-corrected chi connectivity index (χ2v) is 6.09. The molecule has 17 heavy (non-hydrogen) atoms. The zero-order valence-electron chi connectivity index (χ0n) is 9.98. The average molecular weight is 270 g/mol. The standard InChI is InChI=1S/C13H18O2S2/c1-11(5-8-15)17-10-13-12(6-9-16-13)4-2-3-7-14/h6,9,11,14-15H,3,5,7-8,10H2,1H3. The third-order valence-electron chi connectivity index (χ3n) is 2.24. The summed E-state index contributed by atoms with van der Waals surface area (Å²) in [6.07, 6.45) is 1.37. The van der Waals surface area contributed by atoms with E-state index in [0.29, 0.717) is 11.7 Å². The highest BCUT2D eigenvalue weighted by Gasteiger charge is 2.06. The Bertz CT molecular complexity index is 376. The molecule has 0 amide bonds. The monoisotopic (exact) mass is 270 g/mol. The van der Waals surface area contributed by atoms with Crippen LogP contribution in [-0.4, -0.2) is 28.7 Å². The number of thioether (sulfide) groups is 1. The van der Waals surface area contributed by atoms with Crippen LogP contribution >= 0.6 is 23.1 Å². The lowest BCUT2D eigenvalue weighted by Gasteiger charge is -2.08. The highest BCUT2D eigenvalue weighted by Crippen LogP contribution is 2.25. The van der Waals surface area contributed by atoms with Crippen LogP contribution in [0.25, 0.3) is 0 Å². The second-order valence-electron chi connectivity index (χ2n) is 3.67. The van der Waals surface area contributed by atoms with E-state index in [1.807, 2.05) is 17.8 Å². The number of thiophene rings is 1. The van der Waals surface area contributed by atoms with Gasteiger partial charge in [0.1, 0.15) is 0 Å². The molecule has 0 fully saturated rings. The Morgan fingerprint density at radius 3 is 2.94 bits per heavy atom. The van der Waals surface area contributed by atoms with Crippen molar-refractivity contribution in [2.45, 2.75) is 30.8 Å². The molecule has 0 spiro atoms. The predicted octanol–water partition coefficient (Wildman–Crippen LogP) is 2.49. The first-order valence-electron chi connectivity index (χ1n) is 5.66. The van der Waals surface area contributed by atoms with Gasteiger partial charge in [0.05, 0.1) is 6.61 Å². The van der Waals surface area contributed by atoms with E-state index in [0.717, 1.165) is 17.7 Å². The maximum atomic E-state index is 8.83. The number of rotatable bonds is 6. The third-order valence-corrected chi connectivity index (χ3v) is 4.60. The molecule has 1 aromatic rings. The summed E-state index contributed by atoms with van der Waals surface area (Å²) in [7, 11) is 0. The van der Waals surface area contributed by atoms with E-state index in [9.17, 15) is 0 Å². The lowest BCUT2D eigenvalue weighted by molar-refractivity contribution is 0.289. The minimum absolute atomic E-state index is 0.120. The molecular formula is C13H18O2S2. The Balaban J connectivity index is 2.49. The first-order valence-corrected chi connectivity index (χ1v) is 7.59. The van der Waals surface area contributed by atoms with Gasteiger partial charge in [0.15, 0.2) is 0 Å². The summed E-state index contributed by atoms with van der Waals surface area (Å²) < 4.78 is 0. The maximum absolute atomic E-state index is 8.83. The molecule has 1 unspecified atom stereocenters. The minimum atomic E-state index is 0.120. The largest absolute Gasteiger partial charge is 0.396 e. The van der Waals surface area contributed by atoms with Crippen molar-refractivity contribution in [1.29, 1.82) is 0 Å². The summed E-state index contributed by atoms with van der Waals surface area (Å²) in [4.78, 5) is 1.28. The highest BCUT2D eigenvalue weighted by atomic mass is 32.2. The Hall–Kier alpha value is -0.470. The smallest absolute Gasteiger partial charge is 0.0540 e. The Morgan fingerprint density at radius 2 is 2.24 bits per heavy atom. The number of aliphatic hydroxyl groups excluding tert-OH is 2. The molecular weight excluding hydrogens is 252 g/mol. The van der Waals surface area contributed by atoms with Gasteiger partial charge in [-0.2, -0.15) is 11.8 Å². The normalized spacial score (nSPS) is 11.9. The summed E-state index contributed by atoms with van der Waals surface area (Å²) in [5.41, 5.74) is 1.08. The van der Waals surface area contributed by atoms with Crippen molar-refractivity contribution < 1.29 is 10.2 Å². The van der Waals surface area contributed by atoms with Crippen molar-refractivity contribution >= 4 is 23.1 Å². The molecule has 0 aliphatic rings. The molecule has 1 aromatic heterocycles. The first kappa shape index (κ1) is 14.6. The van der Waals surface area contributed by atoms with E-state index in [1.165, 1.54) is 4.88 Å². The predicted molar refractivity (Wildman–Crippen MR) is 75.4 cm³/mol. The van der Waals surface area contributed by atoms with Gasteiger partial charge in [-0.05, 0) is 17.9 Å². The Labute approximate surface area is 111 Å². The summed E-state index contributed by atoms with van der Waals surface area (Å²) >= 11 is 3.56. The summed E-state index contributed by atoms with van der Waals surface area (Å²) in [5, 5.41) is 20.0. The van der Waals surface area contributed by atoms with Crippen LogP contribution in [0, 0.1) is 11.8 Å². The summed E-state index contributed by atoms with van der Waals surface area (Å²) in [5.74, 6) is 6.98. The van der Waals surface area contributed by atoms with E-state index in [4.69, 9.17) is 10.2 Å². The van der Waals surface area contributed by atoms with Crippen LogP contribution in [0.3, 0.4) is 0 Å². The molecule has 2 nitrogen and oxygen atoms in total. The van der Waals surface area contributed by atoms with Crippen molar-refractivity contribution in [2.24, 2.45) is 0 Å². The van der Waals surface area contributed by atoms with E-state index in [-0.39, 0.29) is 13.2 Å². The van der Waals surface area contributed by atoms with Crippen LogP contribution < -0.4 is 0 Å². The summed E-state index contributed by atoms with van der Waals surface area (Å²) in [6, 6.07) is 2.03. The molecule has 2 N–H and O–H groups in total. The molecule has 1 atom stereocenters. The van der Waals surface area contributed by atoms with Gasteiger partial charge in [-0.1, -0.05) is 18.8 Å². The molecule has 1 heterocycles. The zero-order valence-corrected chi connectivity index (χ0v) is 11.6. The quantitative estimate of drug-likeness (QED) is 0.780. The average Bonchev–Trinajstić information content (AvgIpc) is 2.75. The minimum Gasteiger partial charge on any atom is -0.396 e. The Morgan fingerprint density at radius 1 is 1.41 bits per heavy atom. The van der Waals surface area contributed by atoms with Crippen LogP contribution in [-0.2, 0) is 5.75 Å². The highest BCUT2D eigenvalue weighted by molar-refractivity contribution is 7.99. The van der Waals surface area contributed by atoms with E-state index < -0.39 is 0 Å². The molecule has 0 aliphatic heterocycles. The molecule has 0 bridgehead atoms. The van der Waals surface area contributed by atoms with Gasteiger partial charge >= 0.3 is 0 Å². The number of aliphatic hydroxyl groups is 2. The van der Waals surface area contributed by atoms with Gasteiger partial charge in [-0.25, -0.2) is 0 Å². The van der Waals surface area contributed by atoms with Crippen molar-refractivity contribution in [2.75, 3.05) is 13.2 Å². The fourth-order valence-electron chi connectivity index (χ4n) is 1.26. The topological polar surface area (TPSA) is 40.5 Å². The van der Waals surface area contributed by atoms with Crippen LogP contribution in [0.1, 0.15) is 30.2 Å². The molecule has 0 aromatic carbocycles. The molecule has 1 rings (SSSR count). The molecule has 94 valence electrons. The van der Waals surface area contributed by atoms with E-state index in [2.05, 4.69) is 24.1 Å².